The molecular formula is C15H28N2O2. The molecule has 1 aliphatic carbocycles. The molecule has 2 aliphatic rings. The molecule has 1 aliphatic heterocycles. The summed E-state index contributed by atoms with van der Waals surface area (Å²) in [7, 11) is 0. The van der Waals surface area contributed by atoms with E-state index in [1.54, 1.807) is 0 Å². The molecular weight excluding hydrogens is 240 g/mol. The molecule has 1 atom stereocenters. The zero-order valence-electron chi connectivity index (χ0n) is 12.4. The normalized spacial score (nSPS) is 23.3. The highest BCUT2D eigenvalue weighted by Crippen LogP contribution is 2.27. The Morgan fingerprint density at radius 1 is 1.37 bits per heavy atom. The average Bonchev–Trinajstić information content (AvgIpc) is 3.05. The van der Waals surface area contributed by atoms with E-state index in [0.29, 0.717) is 12.5 Å². The standard InChI is InChI=1S/C15H28N2O2/c1-12(2)6-8-19-14-5-7-17(11-14)15(18)10-16-9-13-3-4-13/h12-14,16H,3-11H2,1-2H3. The van der Waals surface area contributed by atoms with Crippen molar-refractivity contribution in [1.29, 1.82) is 0 Å². The van der Waals surface area contributed by atoms with Crippen molar-refractivity contribution in [2.24, 2.45) is 11.8 Å². The van der Waals surface area contributed by atoms with E-state index >= 15 is 0 Å². The van der Waals surface area contributed by atoms with Gasteiger partial charge in [0.2, 0.25) is 5.91 Å². The van der Waals surface area contributed by atoms with Crippen molar-refractivity contribution in [2.75, 3.05) is 32.8 Å². The fourth-order valence-electron chi connectivity index (χ4n) is 2.38. The Hall–Kier alpha value is -0.610. The molecule has 0 spiro atoms. The quantitative estimate of drug-likeness (QED) is 0.728. The number of rotatable bonds is 8. The smallest absolute Gasteiger partial charge is 0.236 e. The van der Waals surface area contributed by atoms with Gasteiger partial charge in [0.25, 0.3) is 0 Å². The summed E-state index contributed by atoms with van der Waals surface area (Å²) in [4.78, 5) is 13.9. The van der Waals surface area contributed by atoms with Crippen LogP contribution >= 0.6 is 0 Å². The van der Waals surface area contributed by atoms with Crippen LogP contribution in [0.15, 0.2) is 0 Å². The van der Waals surface area contributed by atoms with Crippen LogP contribution in [0.3, 0.4) is 0 Å². The molecule has 1 saturated heterocycles. The van der Waals surface area contributed by atoms with Crippen LogP contribution < -0.4 is 5.32 Å². The summed E-state index contributed by atoms with van der Waals surface area (Å²) in [5.74, 6) is 1.75. The molecule has 1 amide bonds. The van der Waals surface area contributed by atoms with Gasteiger partial charge in [-0.15, -0.1) is 0 Å². The predicted molar refractivity (Wildman–Crippen MR) is 76.0 cm³/mol. The third kappa shape index (κ3) is 5.49. The first kappa shape index (κ1) is 14.8. The van der Waals surface area contributed by atoms with Crippen molar-refractivity contribution >= 4 is 5.91 Å². The molecule has 1 saturated carbocycles. The summed E-state index contributed by atoms with van der Waals surface area (Å²) < 4.78 is 5.83. The van der Waals surface area contributed by atoms with Gasteiger partial charge in [-0.05, 0) is 44.1 Å². The number of hydrogen-bond donors (Lipinski definition) is 1. The number of carbonyl (C=O) groups is 1. The molecule has 19 heavy (non-hydrogen) atoms. The number of hydrogen-bond acceptors (Lipinski definition) is 3. The molecule has 2 fully saturated rings. The lowest BCUT2D eigenvalue weighted by molar-refractivity contribution is -0.129. The average molecular weight is 268 g/mol. The Bertz CT molecular complexity index is 290. The minimum atomic E-state index is 0.232. The highest BCUT2D eigenvalue weighted by molar-refractivity contribution is 5.78. The molecule has 1 unspecified atom stereocenters. The molecule has 0 aromatic carbocycles. The molecule has 0 aromatic rings. The number of nitrogens with one attached hydrogen (secondary N) is 1. The minimum Gasteiger partial charge on any atom is -0.376 e. The Balaban J connectivity index is 1.56. The largest absolute Gasteiger partial charge is 0.376 e. The van der Waals surface area contributed by atoms with E-state index in [9.17, 15) is 4.79 Å². The van der Waals surface area contributed by atoms with Crippen molar-refractivity contribution < 1.29 is 9.53 Å². The second kappa shape index (κ2) is 7.25. The Labute approximate surface area is 116 Å². The number of amides is 1. The van der Waals surface area contributed by atoms with E-state index in [4.69, 9.17) is 4.74 Å². The maximum absolute atomic E-state index is 12.0. The monoisotopic (exact) mass is 268 g/mol. The molecule has 0 aromatic heterocycles. The maximum Gasteiger partial charge on any atom is 0.236 e. The van der Waals surface area contributed by atoms with Gasteiger partial charge in [-0.1, -0.05) is 13.8 Å². The van der Waals surface area contributed by atoms with Gasteiger partial charge in [-0.25, -0.2) is 0 Å². The van der Waals surface area contributed by atoms with E-state index < -0.39 is 0 Å². The van der Waals surface area contributed by atoms with Crippen LogP contribution in [0, 0.1) is 11.8 Å². The van der Waals surface area contributed by atoms with E-state index in [-0.39, 0.29) is 12.0 Å². The van der Waals surface area contributed by atoms with Crippen LogP contribution in [-0.4, -0.2) is 49.7 Å². The number of ether oxygens (including phenoxy) is 1. The Morgan fingerprint density at radius 2 is 2.16 bits per heavy atom. The van der Waals surface area contributed by atoms with Gasteiger partial charge in [-0.2, -0.15) is 0 Å². The van der Waals surface area contributed by atoms with E-state index in [0.717, 1.165) is 45.0 Å². The molecule has 4 heteroatoms. The number of nitrogens with zero attached hydrogens (tertiary/aromatic N) is 1. The van der Waals surface area contributed by atoms with Gasteiger partial charge in [-0.3, -0.25) is 4.79 Å². The number of carbonyl (C=O) groups excluding carboxylic acids is 1. The van der Waals surface area contributed by atoms with Gasteiger partial charge in [0, 0.05) is 19.7 Å². The van der Waals surface area contributed by atoms with Crippen LogP contribution in [0.4, 0.5) is 0 Å². The maximum atomic E-state index is 12.0. The topological polar surface area (TPSA) is 41.6 Å². The summed E-state index contributed by atoms with van der Waals surface area (Å²) in [6, 6.07) is 0. The fourth-order valence-corrected chi connectivity index (χ4v) is 2.38. The van der Waals surface area contributed by atoms with E-state index in [2.05, 4.69) is 19.2 Å². The summed E-state index contributed by atoms with van der Waals surface area (Å²) in [6.07, 6.45) is 5.01. The van der Waals surface area contributed by atoms with Gasteiger partial charge < -0.3 is 15.0 Å². The van der Waals surface area contributed by atoms with Crippen LogP contribution in [0.1, 0.15) is 39.5 Å². The SMILES string of the molecule is CC(C)CCOC1CCN(C(=O)CNCC2CC2)C1. The highest BCUT2D eigenvalue weighted by Gasteiger charge is 2.27. The van der Waals surface area contributed by atoms with Gasteiger partial charge in [0.05, 0.1) is 12.6 Å². The second-order valence-corrected chi connectivity index (χ2v) is 6.38. The lowest BCUT2D eigenvalue weighted by Crippen LogP contribution is -2.38. The second-order valence-electron chi connectivity index (χ2n) is 6.38. The van der Waals surface area contributed by atoms with Crippen molar-refractivity contribution in [3.8, 4) is 0 Å². The van der Waals surface area contributed by atoms with Crippen LogP contribution in [0.5, 0.6) is 0 Å². The molecule has 0 radical (unpaired) electrons. The van der Waals surface area contributed by atoms with Gasteiger partial charge in [0.15, 0.2) is 0 Å². The summed E-state index contributed by atoms with van der Waals surface area (Å²) in [5.41, 5.74) is 0. The third-order valence-electron chi connectivity index (χ3n) is 3.95. The molecule has 4 nitrogen and oxygen atoms in total. The summed E-state index contributed by atoms with van der Waals surface area (Å²) in [5, 5.41) is 3.26. The minimum absolute atomic E-state index is 0.232. The summed E-state index contributed by atoms with van der Waals surface area (Å²) in [6.45, 7) is 8.38. The van der Waals surface area contributed by atoms with Gasteiger partial charge >= 0.3 is 0 Å². The molecule has 0 bridgehead atoms. The zero-order chi connectivity index (χ0) is 13.7. The first-order valence-corrected chi connectivity index (χ1v) is 7.75. The molecule has 1 N–H and O–H groups in total. The molecule has 2 rings (SSSR count). The molecule has 110 valence electrons. The van der Waals surface area contributed by atoms with Crippen molar-refractivity contribution in [3.63, 3.8) is 0 Å². The van der Waals surface area contributed by atoms with Crippen molar-refractivity contribution in [2.45, 2.75) is 45.6 Å². The van der Waals surface area contributed by atoms with Crippen molar-refractivity contribution in [3.05, 3.63) is 0 Å². The van der Waals surface area contributed by atoms with E-state index in [1.165, 1.54) is 12.8 Å². The molecule has 1 heterocycles. The highest BCUT2D eigenvalue weighted by atomic mass is 16.5. The summed E-state index contributed by atoms with van der Waals surface area (Å²) >= 11 is 0. The van der Waals surface area contributed by atoms with Crippen LogP contribution in [-0.2, 0) is 9.53 Å². The van der Waals surface area contributed by atoms with Crippen molar-refractivity contribution in [1.82, 2.24) is 10.2 Å². The van der Waals surface area contributed by atoms with E-state index in [1.807, 2.05) is 4.90 Å². The Kier molecular flexibility index (Phi) is 5.64. The van der Waals surface area contributed by atoms with Crippen LogP contribution in [0.25, 0.3) is 0 Å². The Morgan fingerprint density at radius 3 is 2.84 bits per heavy atom. The predicted octanol–water partition coefficient (Wildman–Crippen LogP) is 1.65. The lowest BCUT2D eigenvalue weighted by atomic mass is 10.1. The third-order valence-corrected chi connectivity index (χ3v) is 3.95. The van der Waals surface area contributed by atoms with Crippen LogP contribution in [0.2, 0.25) is 0 Å². The first-order chi connectivity index (χ1) is 9.15. The zero-order valence-corrected chi connectivity index (χ0v) is 12.4. The first-order valence-electron chi connectivity index (χ1n) is 7.75. The van der Waals surface area contributed by atoms with Gasteiger partial charge in [0.1, 0.15) is 0 Å². The number of likely N-dealkylation sites (tertiary alicyclic amines) is 1. The fraction of sp³-hybridized carbons (Fsp3) is 0.933. The lowest BCUT2D eigenvalue weighted by Gasteiger charge is -2.17.